The summed E-state index contributed by atoms with van der Waals surface area (Å²) < 4.78 is 13.0. The molecule has 0 aliphatic heterocycles. The number of urea groups is 1. The highest BCUT2D eigenvalue weighted by Crippen LogP contribution is 2.34. The number of hydrogen-bond acceptors (Lipinski definition) is 8. The number of benzene rings is 3. The van der Waals surface area contributed by atoms with Crippen LogP contribution in [0.15, 0.2) is 97.3 Å². The number of aromatic nitrogens is 5. The molecule has 11 nitrogen and oxygen atoms in total. The van der Waals surface area contributed by atoms with Gasteiger partial charge in [-0.15, -0.1) is 0 Å². The van der Waals surface area contributed by atoms with E-state index in [4.69, 9.17) is 14.6 Å². The third-order valence-electron chi connectivity index (χ3n) is 6.83. The average Bonchev–Trinajstić information content (AvgIpc) is 3.47. The zero-order valence-corrected chi connectivity index (χ0v) is 25.2. The summed E-state index contributed by atoms with van der Waals surface area (Å²) in [6, 6.07) is 28.3. The summed E-state index contributed by atoms with van der Waals surface area (Å²) >= 11 is 0. The molecule has 0 saturated heterocycles. The van der Waals surface area contributed by atoms with Crippen LogP contribution in [0.25, 0.3) is 16.5 Å². The van der Waals surface area contributed by atoms with Crippen molar-refractivity contribution in [3.8, 4) is 23.2 Å². The first kappa shape index (κ1) is 29.1. The minimum atomic E-state index is -0.429. The van der Waals surface area contributed by atoms with E-state index in [0.29, 0.717) is 40.7 Å². The molecule has 2 amide bonds. The highest BCUT2D eigenvalue weighted by Gasteiger charge is 2.22. The van der Waals surface area contributed by atoms with Crippen LogP contribution in [0, 0.1) is 6.07 Å². The minimum Gasteiger partial charge on any atom is -0.481 e. The largest absolute Gasteiger partial charge is 0.481 e. The Balaban J connectivity index is 1.23. The fourth-order valence-corrected chi connectivity index (χ4v) is 4.56. The third-order valence-corrected chi connectivity index (χ3v) is 6.83. The lowest BCUT2D eigenvalue weighted by Crippen LogP contribution is -2.21. The first-order valence-corrected chi connectivity index (χ1v) is 14.2. The minimum absolute atomic E-state index is 0.245. The van der Waals surface area contributed by atoms with Crippen LogP contribution >= 0.6 is 0 Å². The number of fused-ring (bicyclic) bond motifs is 1. The Morgan fingerprint density at radius 1 is 0.911 bits per heavy atom. The molecule has 225 valence electrons. The van der Waals surface area contributed by atoms with Gasteiger partial charge >= 0.3 is 6.03 Å². The second-order valence-electron chi connectivity index (χ2n) is 11.1. The zero-order valence-electron chi connectivity index (χ0n) is 25.2. The van der Waals surface area contributed by atoms with Gasteiger partial charge in [-0.1, -0.05) is 57.2 Å². The van der Waals surface area contributed by atoms with E-state index < -0.39 is 6.03 Å². The molecule has 6 aromatic rings. The van der Waals surface area contributed by atoms with Gasteiger partial charge in [0.1, 0.15) is 11.6 Å². The summed E-state index contributed by atoms with van der Waals surface area (Å²) in [4.78, 5) is 26.4. The van der Waals surface area contributed by atoms with Crippen LogP contribution in [0.5, 0.6) is 17.5 Å². The molecule has 0 bridgehead atoms. The monoisotopic (exact) mass is 599 g/mol. The fourth-order valence-electron chi connectivity index (χ4n) is 4.56. The number of amides is 2. The van der Waals surface area contributed by atoms with Crippen molar-refractivity contribution in [3.63, 3.8) is 0 Å². The first-order chi connectivity index (χ1) is 21.8. The average molecular weight is 600 g/mol. The van der Waals surface area contributed by atoms with E-state index in [-0.39, 0.29) is 5.41 Å². The number of rotatable bonds is 8. The standard InChI is InChI=1S/C34H31N8O3/c1-34(2,3)28-20-29(42(41-28)23-14-17-30(44-4)36-21-23)39-33(43)38-26-15-16-27(25-13-9-8-12-24(25)26)45-31-18-19-35-32(40-31)37-22-10-6-5-7-11-22/h5-6,8-21H,1-4H3,(H,35,37,40)(H2,38,39,43). The summed E-state index contributed by atoms with van der Waals surface area (Å²) in [5.41, 5.74) is 2.66. The second-order valence-corrected chi connectivity index (χ2v) is 11.1. The maximum atomic E-state index is 13.4. The SMILES string of the molecule is COc1ccc(-n2nc(C(C)(C)C)cc2NC(=O)Nc2ccc(Oc3ccnc(Nc4c[c]ccc4)n3)c3ccccc23)cn1. The van der Waals surface area contributed by atoms with E-state index in [1.807, 2.05) is 54.6 Å². The number of nitrogens with zero attached hydrogens (tertiary/aromatic N) is 5. The number of pyridine rings is 1. The molecule has 0 aliphatic rings. The first-order valence-electron chi connectivity index (χ1n) is 14.2. The van der Waals surface area contributed by atoms with Crippen molar-refractivity contribution in [2.45, 2.75) is 26.2 Å². The van der Waals surface area contributed by atoms with Crippen molar-refractivity contribution >= 4 is 39.9 Å². The molecule has 3 N–H and O–H groups in total. The Bertz CT molecular complexity index is 1950. The number of carbonyl (C=O) groups excluding carboxylic acids is 1. The quantitative estimate of drug-likeness (QED) is 0.164. The highest BCUT2D eigenvalue weighted by molar-refractivity contribution is 6.07. The number of nitrogens with one attached hydrogen (secondary N) is 3. The van der Waals surface area contributed by atoms with Gasteiger partial charge in [-0.25, -0.2) is 19.4 Å². The van der Waals surface area contributed by atoms with Gasteiger partial charge in [-0.2, -0.15) is 10.1 Å². The highest BCUT2D eigenvalue weighted by atomic mass is 16.5. The van der Waals surface area contributed by atoms with Gasteiger partial charge < -0.3 is 20.1 Å². The van der Waals surface area contributed by atoms with Crippen molar-refractivity contribution in [2.24, 2.45) is 0 Å². The van der Waals surface area contributed by atoms with Crippen molar-refractivity contribution in [1.29, 1.82) is 0 Å². The molecule has 0 spiro atoms. The van der Waals surface area contributed by atoms with Gasteiger partial charge in [-0.3, -0.25) is 5.32 Å². The summed E-state index contributed by atoms with van der Waals surface area (Å²) in [6.45, 7) is 6.19. The van der Waals surface area contributed by atoms with Gasteiger partial charge in [-0.05, 0) is 36.4 Å². The molecule has 1 radical (unpaired) electrons. The smallest absolute Gasteiger partial charge is 0.324 e. The van der Waals surface area contributed by atoms with Gasteiger partial charge in [0, 0.05) is 46.3 Å². The van der Waals surface area contributed by atoms with Gasteiger partial charge in [0.25, 0.3) is 0 Å². The maximum absolute atomic E-state index is 13.4. The summed E-state index contributed by atoms with van der Waals surface area (Å²) in [5.74, 6) is 2.32. The van der Waals surface area contributed by atoms with Crippen LogP contribution in [0.4, 0.5) is 27.9 Å². The number of anilines is 4. The van der Waals surface area contributed by atoms with E-state index in [2.05, 4.69) is 57.7 Å². The molecular formula is C34H31N8O3. The molecule has 0 aliphatic carbocycles. The summed E-state index contributed by atoms with van der Waals surface area (Å²) in [5, 5.41) is 15.4. The van der Waals surface area contributed by atoms with E-state index in [1.165, 1.54) is 0 Å². The fraction of sp³-hybridized carbons (Fsp3) is 0.147. The molecule has 45 heavy (non-hydrogen) atoms. The van der Waals surface area contributed by atoms with Crippen molar-refractivity contribution in [3.05, 3.63) is 109 Å². The van der Waals surface area contributed by atoms with Gasteiger partial charge in [0.2, 0.25) is 17.7 Å². The molecule has 3 heterocycles. The molecule has 0 saturated carbocycles. The van der Waals surface area contributed by atoms with E-state index >= 15 is 0 Å². The van der Waals surface area contributed by atoms with Gasteiger partial charge in [0.05, 0.1) is 30.4 Å². The Kier molecular flexibility index (Phi) is 7.98. The van der Waals surface area contributed by atoms with Crippen LogP contribution in [-0.4, -0.2) is 37.9 Å². The molecular weight excluding hydrogens is 568 g/mol. The van der Waals surface area contributed by atoms with Crippen LogP contribution in [0.3, 0.4) is 0 Å². The molecule has 3 aromatic carbocycles. The molecule has 0 fully saturated rings. The lowest BCUT2D eigenvalue weighted by atomic mass is 9.92. The Morgan fingerprint density at radius 3 is 2.49 bits per heavy atom. The van der Waals surface area contributed by atoms with Crippen LogP contribution < -0.4 is 25.4 Å². The number of methoxy groups -OCH3 is 1. The Labute approximate surface area is 260 Å². The second kappa shape index (κ2) is 12.3. The predicted molar refractivity (Wildman–Crippen MR) is 174 cm³/mol. The third kappa shape index (κ3) is 6.67. The Hall–Kier alpha value is -5.97. The van der Waals surface area contributed by atoms with E-state index in [0.717, 1.165) is 22.2 Å². The molecule has 3 aromatic heterocycles. The predicted octanol–water partition coefficient (Wildman–Crippen LogP) is 7.50. The van der Waals surface area contributed by atoms with Crippen molar-refractivity contribution < 1.29 is 14.3 Å². The molecule has 6 rings (SSSR count). The maximum Gasteiger partial charge on any atom is 0.324 e. The lowest BCUT2D eigenvalue weighted by Gasteiger charge is -2.14. The number of ether oxygens (including phenoxy) is 2. The molecule has 0 unspecified atom stereocenters. The molecule has 0 atom stereocenters. The van der Waals surface area contributed by atoms with Crippen molar-refractivity contribution in [1.82, 2.24) is 24.7 Å². The number of hydrogen-bond donors (Lipinski definition) is 3. The van der Waals surface area contributed by atoms with Crippen LogP contribution in [-0.2, 0) is 5.41 Å². The summed E-state index contributed by atoms with van der Waals surface area (Å²) in [7, 11) is 1.56. The van der Waals surface area contributed by atoms with Crippen LogP contribution in [0.2, 0.25) is 0 Å². The Morgan fingerprint density at radius 2 is 1.76 bits per heavy atom. The van der Waals surface area contributed by atoms with Crippen molar-refractivity contribution in [2.75, 3.05) is 23.1 Å². The number of carbonyl (C=O) groups is 1. The zero-order chi connectivity index (χ0) is 31.4. The summed E-state index contributed by atoms with van der Waals surface area (Å²) in [6.07, 6.45) is 3.27. The normalized spacial score (nSPS) is 11.2. The van der Waals surface area contributed by atoms with E-state index in [1.54, 1.807) is 54.5 Å². The lowest BCUT2D eigenvalue weighted by molar-refractivity contribution is 0.262. The van der Waals surface area contributed by atoms with E-state index in [9.17, 15) is 4.79 Å². The topological polar surface area (TPSA) is 128 Å². The van der Waals surface area contributed by atoms with Crippen LogP contribution in [0.1, 0.15) is 26.5 Å². The van der Waals surface area contributed by atoms with Gasteiger partial charge in [0.15, 0.2) is 0 Å². The molecule has 11 heteroatoms.